The van der Waals surface area contributed by atoms with Crippen LogP contribution in [0.1, 0.15) is 43.0 Å². The topological polar surface area (TPSA) is 79.9 Å². The van der Waals surface area contributed by atoms with Gasteiger partial charge in [0.2, 0.25) is 5.91 Å². The number of amides is 2. The normalized spacial score (nSPS) is 14.2. The number of carbonyl (C=O) groups excluding carboxylic acids is 2. The highest BCUT2D eigenvalue weighted by molar-refractivity contribution is 6.03. The SMILES string of the molecule is CCCC(NC(=O)c1cccc(OC)c1OC(F)F)C(=O)Nc1cccc(N2CCCC2)c1. The van der Waals surface area contributed by atoms with Crippen LogP contribution in [0.3, 0.4) is 0 Å². The molecule has 2 aromatic rings. The number of carbonyl (C=O) groups is 2. The van der Waals surface area contributed by atoms with Gasteiger partial charge in [-0.05, 0) is 49.6 Å². The number of alkyl halides is 2. The van der Waals surface area contributed by atoms with Crippen LogP contribution in [0, 0.1) is 0 Å². The van der Waals surface area contributed by atoms with E-state index < -0.39 is 18.6 Å². The van der Waals surface area contributed by atoms with Crippen LogP contribution < -0.4 is 25.0 Å². The average molecular weight is 462 g/mol. The molecule has 1 unspecified atom stereocenters. The third kappa shape index (κ3) is 6.34. The number of para-hydroxylation sites is 1. The van der Waals surface area contributed by atoms with Gasteiger partial charge in [-0.2, -0.15) is 8.78 Å². The standard InChI is InChI=1S/C24H29F2N3O4/c1-3-8-19(23(31)27-16-9-6-10-17(15-16)29-13-4-5-14-29)28-22(30)18-11-7-12-20(32-2)21(18)33-24(25)26/h6-7,9-12,15,19,24H,3-5,8,13-14H2,1-2H3,(H,27,31)(H,28,30). The van der Waals surface area contributed by atoms with Crippen LogP contribution in [-0.2, 0) is 4.79 Å². The predicted molar refractivity (Wildman–Crippen MR) is 122 cm³/mol. The van der Waals surface area contributed by atoms with E-state index in [9.17, 15) is 18.4 Å². The van der Waals surface area contributed by atoms with Crippen LogP contribution in [0.25, 0.3) is 0 Å². The van der Waals surface area contributed by atoms with Gasteiger partial charge < -0.3 is 25.0 Å². The molecule has 9 heteroatoms. The van der Waals surface area contributed by atoms with Crippen LogP contribution in [0.4, 0.5) is 20.2 Å². The van der Waals surface area contributed by atoms with Crippen LogP contribution in [0.15, 0.2) is 42.5 Å². The number of hydrogen-bond donors (Lipinski definition) is 2. The monoisotopic (exact) mass is 461 g/mol. The fourth-order valence-electron chi connectivity index (χ4n) is 3.84. The summed E-state index contributed by atoms with van der Waals surface area (Å²) in [6.07, 6.45) is 3.29. The Balaban J connectivity index is 1.75. The number of rotatable bonds is 10. The molecule has 7 nitrogen and oxygen atoms in total. The number of ether oxygens (including phenoxy) is 2. The molecule has 2 amide bonds. The Morgan fingerprint density at radius 1 is 1.12 bits per heavy atom. The largest absolute Gasteiger partial charge is 0.493 e. The maximum Gasteiger partial charge on any atom is 0.387 e. The number of methoxy groups -OCH3 is 1. The lowest BCUT2D eigenvalue weighted by Gasteiger charge is -2.21. The molecule has 1 saturated heterocycles. The molecule has 178 valence electrons. The Kier molecular flexibility index (Phi) is 8.46. The van der Waals surface area contributed by atoms with E-state index in [-0.39, 0.29) is 23.0 Å². The van der Waals surface area contributed by atoms with Crippen molar-refractivity contribution in [3.8, 4) is 11.5 Å². The van der Waals surface area contributed by atoms with Gasteiger partial charge in [0.25, 0.3) is 5.91 Å². The molecule has 33 heavy (non-hydrogen) atoms. The highest BCUT2D eigenvalue weighted by atomic mass is 19.3. The number of hydrogen-bond acceptors (Lipinski definition) is 5. The van der Waals surface area contributed by atoms with Gasteiger partial charge in [0.05, 0.1) is 12.7 Å². The third-order valence-electron chi connectivity index (χ3n) is 5.43. The quantitative estimate of drug-likeness (QED) is 0.547. The van der Waals surface area contributed by atoms with E-state index >= 15 is 0 Å². The summed E-state index contributed by atoms with van der Waals surface area (Å²) in [6, 6.07) is 11.0. The average Bonchev–Trinajstić information content (AvgIpc) is 3.33. The molecule has 2 aromatic carbocycles. The summed E-state index contributed by atoms with van der Waals surface area (Å²) in [5, 5.41) is 5.51. The van der Waals surface area contributed by atoms with Gasteiger partial charge in [0, 0.05) is 24.5 Å². The molecule has 1 heterocycles. The van der Waals surface area contributed by atoms with Crippen LogP contribution in [0.2, 0.25) is 0 Å². The lowest BCUT2D eigenvalue weighted by Crippen LogP contribution is -2.43. The maximum absolute atomic E-state index is 13.0. The first-order valence-corrected chi connectivity index (χ1v) is 11.0. The van der Waals surface area contributed by atoms with Gasteiger partial charge in [0.15, 0.2) is 11.5 Å². The van der Waals surface area contributed by atoms with E-state index in [1.165, 1.54) is 25.3 Å². The van der Waals surface area contributed by atoms with Crippen molar-refractivity contribution in [2.24, 2.45) is 0 Å². The van der Waals surface area contributed by atoms with Crippen molar-refractivity contribution in [2.75, 3.05) is 30.4 Å². The minimum atomic E-state index is -3.13. The molecule has 2 N–H and O–H groups in total. The summed E-state index contributed by atoms with van der Waals surface area (Å²) >= 11 is 0. The van der Waals surface area contributed by atoms with Crippen LogP contribution >= 0.6 is 0 Å². The zero-order chi connectivity index (χ0) is 23.8. The van der Waals surface area contributed by atoms with E-state index in [0.717, 1.165) is 31.6 Å². The van der Waals surface area contributed by atoms with Crippen LogP contribution in [0.5, 0.6) is 11.5 Å². The molecule has 1 aliphatic rings. The molecular weight excluding hydrogens is 432 g/mol. The Labute approximate surface area is 192 Å². The van der Waals surface area contributed by atoms with Gasteiger partial charge in [-0.25, -0.2) is 0 Å². The number of halogens is 2. The highest BCUT2D eigenvalue weighted by Gasteiger charge is 2.25. The zero-order valence-corrected chi connectivity index (χ0v) is 18.8. The highest BCUT2D eigenvalue weighted by Crippen LogP contribution is 2.32. The van der Waals surface area contributed by atoms with E-state index in [1.54, 1.807) is 6.07 Å². The summed E-state index contributed by atoms with van der Waals surface area (Å²) in [5.41, 5.74) is 1.52. The molecule has 1 fully saturated rings. The number of nitrogens with zero attached hydrogens (tertiary/aromatic N) is 1. The van der Waals surface area contributed by atoms with Crippen LogP contribution in [-0.4, -0.2) is 44.7 Å². The number of nitrogens with one attached hydrogen (secondary N) is 2. The Morgan fingerprint density at radius 3 is 2.52 bits per heavy atom. The van der Waals surface area contributed by atoms with Crippen molar-refractivity contribution in [3.63, 3.8) is 0 Å². The van der Waals surface area contributed by atoms with E-state index in [1.807, 2.05) is 25.1 Å². The van der Waals surface area contributed by atoms with Gasteiger partial charge in [-0.15, -0.1) is 0 Å². The zero-order valence-electron chi connectivity index (χ0n) is 18.8. The second-order valence-electron chi connectivity index (χ2n) is 7.76. The predicted octanol–water partition coefficient (Wildman–Crippen LogP) is 4.43. The van der Waals surface area contributed by atoms with Crippen molar-refractivity contribution < 1.29 is 27.8 Å². The molecule has 1 aliphatic heterocycles. The Morgan fingerprint density at radius 2 is 1.85 bits per heavy atom. The summed E-state index contributed by atoms with van der Waals surface area (Å²) in [7, 11) is 1.29. The van der Waals surface area contributed by atoms with E-state index in [4.69, 9.17) is 4.74 Å². The summed E-state index contributed by atoms with van der Waals surface area (Å²) in [5.74, 6) is -1.47. The Hall–Kier alpha value is -3.36. The first-order chi connectivity index (χ1) is 15.9. The molecular formula is C24H29F2N3O4. The third-order valence-corrected chi connectivity index (χ3v) is 5.43. The lowest BCUT2D eigenvalue weighted by molar-refractivity contribution is -0.118. The second-order valence-corrected chi connectivity index (χ2v) is 7.76. The first-order valence-electron chi connectivity index (χ1n) is 11.0. The fraction of sp³-hybridized carbons (Fsp3) is 0.417. The van der Waals surface area contributed by atoms with Gasteiger partial charge in [-0.3, -0.25) is 9.59 Å². The molecule has 0 saturated carbocycles. The summed E-state index contributed by atoms with van der Waals surface area (Å²) in [6.45, 7) is 0.716. The Bertz CT molecular complexity index is 964. The molecule has 1 atom stereocenters. The molecule has 0 bridgehead atoms. The summed E-state index contributed by atoms with van der Waals surface area (Å²) in [4.78, 5) is 28.1. The number of anilines is 2. The van der Waals surface area contributed by atoms with E-state index in [0.29, 0.717) is 18.5 Å². The minimum absolute atomic E-state index is 0.00169. The minimum Gasteiger partial charge on any atom is -0.493 e. The van der Waals surface area contributed by atoms with Gasteiger partial charge in [-0.1, -0.05) is 25.5 Å². The molecule has 0 aromatic heterocycles. The summed E-state index contributed by atoms with van der Waals surface area (Å²) < 4.78 is 35.4. The van der Waals surface area contributed by atoms with Crippen molar-refractivity contribution >= 4 is 23.2 Å². The van der Waals surface area contributed by atoms with Crippen molar-refractivity contribution in [3.05, 3.63) is 48.0 Å². The van der Waals surface area contributed by atoms with Crippen molar-refractivity contribution in [1.82, 2.24) is 5.32 Å². The number of benzene rings is 2. The molecule has 3 rings (SSSR count). The molecule has 0 radical (unpaired) electrons. The lowest BCUT2D eigenvalue weighted by atomic mass is 10.1. The van der Waals surface area contributed by atoms with Gasteiger partial charge in [0.1, 0.15) is 6.04 Å². The van der Waals surface area contributed by atoms with Crippen molar-refractivity contribution in [1.29, 1.82) is 0 Å². The van der Waals surface area contributed by atoms with Crippen molar-refractivity contribution in [2.45, 2.75) is 45.3 Å². The smallest absolute Gasteiger partial charge is 0.387 e. The fourth-order valence-corrected chi connectivity index (χ4v) is 3.84. The first kappa shape index (κ1) is 24.3. The molecule has 0 spiro atoms. The van der Waals surface area contributed by atoms with Gasteiger partial charge >= 0.3 is 6.61 Å². The maximum atomic E-state index is 13.0. The molecule has 0 aliphatic carbocycles. The van der Waals surface area contributed by atoms with E-state index in [2.05, 4.69) is 20.3 Å². The second kappa shape index (κ2) is 11.5.